The minimum atomic E-state index is -1.26. The average molecular weight is 711 g/mol. The molecule has 3 aliphatic rings. The normalized spacial score (nSPS) is 20.2. The molecule has 0 radical (unpaired) electrons. The van der Waals surface area contributed by atoms with Crippen molar-refractivity contribution in [3.8, 4) is 0 Å². The summed E-state index contributed by atoms with van der Waals surface area (Å²) in [4.78, 5) is 23.7. The Morgan fingerprint density at radius 1 is 0.960 bits per heavy atom. The summed E-state index contributed by atoms with van der Waals surface area (Å²) in [5.41, 5.74) is 15.5. The first-order chi connectivity index (χ1) is 24.1. The number of carbonyl (C=O) groups is 2. The summed E-state index contributed by atoms with van der Waals surface area (Å²) < 4.78 is 0. The summed E-state index contributed by atoms with van der Waals surface area (Å²) in [5, 5.41) is 24.0. The molecular weight excluding hydrogens is 668 g/mol. The molecule has 6 N–H and O–H groups in total. The van der Waals surface area contributed by atoms with Gasteiger partial charge in [0.25, 0.3) is 0 Å². The van der Waals surface area contributed by atoms with Crippen molar-refractivity contribution in [3.63, 3.8) is 0 Å². The molecule has 0 aromatic heterocycles. The molecule has 0 amide bonds. The van der Waals surface area contributed by atoms with Gasteiger partial charge in [-0.05, 0) is 103 Å². The molecule has 4 aromatic rings. The predicted octanol–water partition coefficient (Wildman–Crippen LogP) is 7.42. The molecule has 0 saturated carbocycles. The Balaban J connectivity index is 0.000000167. The Labute approximate surface area is 302 Å². The lowest BCUT2D eigenvalue weighted by atomic mass is 9.82. The van der Waals surface area contributed by atoms with E-state index in [0.29, 0.717) is 23.4 Å². The molecule has 50 heavy (non-hydrogen) atoms. The van der Waals surface area contributed by atoms with E-state index < -0.39 is 11.9 Å². The van der Waals surface area contributed by atoms with Gasteiger partial charge in [0.2, 0.25) is 0 Å². The molecule has 2 bridgehead atoms. The molecule has 0 aliphatic carbocycles. The van der Waals surface area contributed by atoms with Crippen molar-refractivity contribution >= 4 is 46.8 Å². The Hall–Kier alpha value is -4.41. The number of hydrogen-bond donors (Lipinski definition) is 5. The second-order valence-corrected chi connectivity index (χ2v) is 14.3. The number of carboxylic acid groups (broad SMARTS) is 2. The van der Waals surface area contributed by atoms with Crippen molar-refractivity contribution < 1.29 is 19.8 Å². The standard InChI is InChI=1S/C20H24ClN3S.C16H15N.C4H4O4/c21-17-4-1-3-16(13-17)14-23-11-10-15-6-8-18(9-7-15)24-20(22)19-5-2-12-25-19;1-16-13-8-4-2-6-11(13)10-15(17-16)12-7-3-5-9-14(12)16;5-3(6)1-2-4(7)8/h1,3-4,6-9,13,19,23H,2,5,10-12,14H2,(H2,22,24);2-9,15,17H,10H2,1H3;1-2H,(H,5,6)(H,7,8)/b;;2-1-/t;15?,16-;/m.1./s1. The van der Waals surface area contributed by atoms with Crippen molar-refractivity contribution in [2.45, 2.75) is 56.0 Å². The van der Waals surface area contributed by atoms with Crippen LogP contribution in [0.3, 0.4) is 0 Å². The first-order valence-electron chi connectivity index (χ1n) is 16.7. The van der Waals surface area contributed by atoms with Crippen LogP contribution >= 0.6 is 23.4 Å². The van der Waals surface area contributed by atoms with Crippen LogP contribution < -0.4 is 16.4 Å². The van der Waals surface area contributed by atoms with Gasteiger partial charge in [0.05, 0.1) is 16.5 Å². The van der Waals surface area contributed by atoms with Gasteiger partial charge >= 0.3 is 11.9 Å². The second-order valence-electron chi connectivity index (χ2n) is 12.5. The molecule has 2 unspecified atom stereocenters. The summed E-state index contributed by atoms with van der Waals surface area (Å²) in [7, 11) is 0. The number of hydrogen-bond acceptors (Lipinski definition) is 6. The Bertz CT molecular complexity index is 1810. The first kappa shape index (κ1) is 36.9. The van der Waals surface area contributed by atoms with Gasteiger partial charge in [-0.1, -0.05) is 84.4 Å². The maximum atomic E-state index is 9.55. The zero-order chi connectivity index (χ0) is 35.5. The van der Waals surface area contributed by atoms with E-state index >= 15 is 0 Å². The molecular formula is C40H43ClN4O4S. The van der Waals surface area contributed by atoms with Gasteiger partial charge in [-0.2, -0.15) is 11.8 Å². The van der Waals surface area contributed by atoms with Gasteiger partial charge < -0.3 is 21.3 Å². The first-order valence-corrected chi connectivity index (χ1v) is 18.1. The lowest BCUT2D eigenvalue weighted by molar-refractivity contribution is -0.134. The molecule has 260 valence electrons. The topological polar surface area (TPSA) is 137 Å². The number of thioether (sulfide) groups is 1. The van der Waals surface area contributed by atoms with Gasteiger partial charge in [0.1, 0.15) is 5.84 Å². The molecule has 0 spiro atoms. The number of nitrogens with zero attached hydrogens (tertiary/aromatic N) is 1. The van der Waals surface area contributed by atoms with Gasteiger partial charge in [-0.15, -0.1) is 0 Å². The van der Waals surface area contributed by atoms with Crippen LogP contribution in [0, 0.1) is 0 Å². The van der Waals surface area contributed by atoms with E-state index in [1.807, 2.05) is 30.0 Å². The Kier molecular flexibility index (Phi) is 12.9. The fourth-order valence-electron chi connectivity index (χ4n) is 6.57. The van der Waals surface area contributed by atoms with E-state index in [1.165, 1.54) is 45.6 Å². The maximum absolute atomic E-state index is 9.55. The predicted molar refractivity (Wildman–Crippen MR) is 203 cm³/mol. The SMILES string of the molecule is C[C@@]12NC(Cc3ccccc31)c1ccccc12.NC(=Nc1ccc(CCNCc2cccc(Cl)c2)cc1)C1CCCS1.O=C(O)/C=C\C(=O)O. The smallest absolute Gasteiger partial charge is 0.328 e. The quantitative estimate of drug-likeness (QED) is 0.0524. The van der Waals surface area contributed by atoms with Gasteiger partial charge in [0, 0.05) is 29.8 Å². The fourth-order valence-corrected chi connectivity index (χ4v) is 7.96. The third-order valence-corrected chi connectivity index (χ3v) is 10.6. The number of halogens is 1. The number of rotatable bonds is 9. The number of benzene rings is 4. The fraction of sp³-hybridized carbons (Fsp3) is 0.275. The number of amidine groups is 1. The maximum Gasteiger partial charge on any atom is 0.328 e. The Morgan fingerprint density at radius 2 is 1.66 bits per heavy atom. The number of fused-ring (bicyclic) bond motifs is 7. The van der Waals surface area contributed by atoms with Crippen molar-refractivity contribution in [2.24, 2.45) is 10.7 Å². The molecule has 4 aromatic carbocycles. The van der Waals surface area contributed by atoms with Crippen LogP contribution in [0.5, 0.6) is 0 Å². The number of nitrogens with two attached hydrogens (primary N) is 1. The zero-order valence-electron chi connectivity index (χ0n) is 28.0. The lowest BCUT2D eigenvalue weighted by Gasteiger charge is -2.34. The van der Waals surface area contributed by atoms with E-state index in [-0.39, 0.29) is 5.54 Å². The third-order valence-electron chi connectivity index (χ3n) is 8.95. The number of aliphatic imine (C=N–C) groups is 1. The Morgan fingerprint density at radius 3 is 2.34 bits per heavy atom. The highest BCUT2D eigenvalue weighted by Gasteiger charge is 2.45. The molecule has 3 atom stereocenters. The van der Waals surface area contributed by atoms with E-state index in [0.717, 1.165) is 48.9 Å². The molecule has 1 fully saturated rings. The van der Waals surface area contributed by atoms with Crippen LogP contribution in [-0.2, 0) is 34.5 Å². The molecule has 10 heteroatoms. The lowest BCUT2D eigenvalue weighted by Crippen LogP contribution is -2.41. The zero-order valence-corrected chi connectivity index (χ0v) is 29.6. The van der Waals surface area contributed by atoms with E-state index in [1.54, 1.807) is 0 Å². The summed E-state index contributed by atoms with van der Waals surface area (Å²) in [5.74, 6) is -0.555. The highest BCUT2D eigenvalue weighted by molar-refractivity contribution is 8.00. The van der Waals surface area contributed by atoms with Gasteiger partial charge in [-0.25, -0.2) is 14.6 Å². The monoisotopic (exact) mass is 710 g/mol. The van der Waals surface area contributed by atoms with Crippen molar-refractivity contribution in [3.05, 3.63) is 148 Å². The third kappa shape index (κ3) is 9.85. The number of nitrogens with one attached hydrogen (secondary N) is 2. The summed E-state index contributed by atoms with van der Waals surface area (Å²) in [6.45, 7) is 4.07. The minimum Gasteiger partial charge on any atom is -0.478 e. The second kappa shape index (κ2) is 17.5. The highest BCUT2D eigenvalue weighted by atomic mass is 35.5. The van der Waals surface area contributed by atoms with Crippen LogP contribution in [0.4, 0.5) is 5.69 Å². The summed E-state index contributed by atoms with van der Waals surface area (Å²) in [6.07, 6.45) is 5.61. The van der Waals surface area contributed by atoms with Crippen molar-refractivity contribution in [1.29, 1.82) is 0 Å². The number of carboxylic acids is 2. The highest BCUT2D eigenvalue weighted by Crippen LogP contribution is 2.48. The van der Waals surface area contributed by atoms with Crippen LogP contribution in [-0.4, -0.2) is 45.5 Å². The summed E-state index contributed by atoms with van der Waals surface area (Å²) >= 11 is 7.91. The van der Waals surface area contributed by atoms with Crippen LogP contribution in [0.1, 0.15) is 59.2 Å². The van der Waals surface area contributed by atoms with Crippen molar-refractivity contribution in [2.75, 3.05) is 12.3 Å². The van der Waals surface area contributed by atoms with Crippen LogP contribution in [0.2, 0.25) is 5.02 Å². The van der Waals surface area contributed by atoms with Crippen LogP contribution in [0.25, 0.3) is 0 Å². The average Bonchev–Trinajstić information content (AvgIpc) is 3.73. The minimum absolute atomic E-state index is 0.0100. The molecule has 3 aliphatic heterocycles. The van der Waals surface area contributed by atoms with Crippen LogP contribution in [0.15, 0.2) is 114 Å². The molecule has 1 saturated heterocycles. The molecule has 8 nitrogen and oxygen atoms in total. The van der Waals surface area contributed by atoms with Gasteiger partial charge in [0.15, 0.2) is 0 Å². The van der Waals surface area contributed by atoms with E-state index in [9.17, 15) is 9.59 Å². The van der Waals surface area contributed by atoms with Gasteiger partial charge in [-0.3, -0.25) is 5.32 Å². The summed E-state index contributed by atoms with van der Waals surface area (Å²) in [6, 6.07) is 34.5. The van der Waals surface area contributed by atoms with Crippen molar-refractivity contribution in [1.82, 2.24) is 10.6 Å². The van der Waals surface area contributed by atoms with E-state index in [4.69, 9.17) is 27.5 Å². The molecule has 3 heterocycles. The molecule has 7 rings (SSSR count). The number of aliphatic carboxylic acids is 2. The largest absolute Gasteiger partial charge is 0.478 e. The van der Waals surface area contributed by atoms with E-state index in [2.05, 4.69) is 101 Å².